The number of hydrogen-bond donors (Lipinski definition) is 1. The van der Waals surface area contributed by atoms with Gasteiger partial charge in [0.1, 0.15) is 16.5 Å². The maximum atomic E-state index is 5.60. The average Bonchev–Trinajstić information content (AvgIpc) is 2.80. The molecule has 4 nitrogen and oxygen atoms in total. The lowest BCUT2D eigenvalue weighted by Crippen LogP contribution is -2.18. The van der Waals surface area contributed by atoms with E-state index in [1.165, 1.54) is 15.8 Å². The van der Waals surface area contributed by atoms with E-state index in [2.05, 4.69) is 26.1 Å². The summed E-state index contributed by atoms with van der Waals surface area (Å²) < 4.78 is 5.60. The number of aromatic nitrogens is 2. The summed E-state index contributed by atoms with van der Waals surface area (Å²) in [6.45, 7) is 9.07. The van der Waals surface area contributed by atoms with E-state index in [0.29, 0.717) is 5.92 Å². The van der Waals surface area contributed by atoms with Gasteiger partial charge in [0.05, 0.1) is 12.0 Å². The molecule has 3 rings (SSSR count). The maximum absolute atomic E-state index is 5.60. The second-order valence-electron chi connectivity index (χ2n) is 5.73. The molecule has 1 unspecified atom stereocenters. The Labute approximate surface area is 129 Å². The topological polar surface area (TPSA) is 47.0 Å². The first-order valence-electron chi connectivity index (χ1n) is 7.80. The molecule has 0 aliphatic carbocycles. The van der Waals surface area contributed by atoms with Crippen LogP contribution in [0.2, 0.25) is 0 Å². The van der Waals surface area contributed by atoms with E-state index < -0.39 is 0 Å². The number of aryl methyl sites for hydroxylation is 2. The van der Waals surface area contributed by atoms with E-state index in [1.807, 2.05) is 0 Å². The molecule has 1 N–H and O–H groups in total. The van der Waals surface area contributed by atoms with Crippen LogP contribution < -0.4 is 5.32 Å². The molecule has 0 radical (unpaired) electrons. The van der Waals surface area contributed by atoms with Crippen LogP contribution in [0.1, 0.15) is 48.4 Å². The summed E-state index contributed by atoms with van der Waals surface area (Å²) >= 11 is 1.77. The Morgan fingerprint density at radius 3 is 2.90 bits per heavy atom. The van der Waals surface area contributed by atoms with Crippen molar-refractivity contribution in [1.29, 1.82) is 0 Å². The first kappa shape index (κ1) is 14.7. The third kappa shape index (κ3) is 2.90. The summed E-state index contributed by atoms with van der Waals surface area (Å²) in [6.07, 6.45) is 3.32. The molecule has 0 aromatic carbocycles. The van der Waals surface area contributed by atoms with Crippen molar-refractivity contribution >= 4 is 27.4 Å². The van der Waals surface area contributed by atoms with Crippen molar-refractivity contribution in [2.24, 2.45) is 0 Å². The number of nitrogens with zero attached hydrogens (tertiary/aromatic N) is 2. The minimum atomic E-state index is 0.341. The van der Waals surface area contributed by atoms with Crippen molar-refractivity contribution in [2.45, 2.75) is 46.0 Å². The van der Waals surface area contributed by atoms with Crippen LogP contribution >= 0.6 is 11.3 Å². The van der Waals surface area contributed by atoms with Gasteiger partial charge in [-0.1, -0.05) is 6.92 Å². The minimum absolute atomic E-state index is 0.341. The normalized spacial score (nSPS) is 19.1. The number of hydrogen-bond acceptors (Lipinski definition) is 5. The predicted molar refractivity (Wildman–Crippen MR) is 88.5 cm³/mol. The molecule has 5 heteroatoms. The van der Waals surface area contributed by atoms with Crippen molar-refractivity contribution in [3.05, 3.63) is 16.3 Å². The summed E-state index contributed by atoms with van der Waals surface area (Å²) in [5, 5.41) is 4.69. The Balaban J connectivity index is 2.05. The molecule has 1 fully saturated rings. The fraction of sp³-hybridized carbons (Fsp3) is 0.625. The Morgan fingerprint density at radius 1 is 1.33 bits per heavy atom. The SMILES string of the molecule is CCCNc1nc(C2CCCOC2)nc2sc(C)c(C)c12. The van der Waals surface area contributed by atoms with Crippen molar-refractivity contribution in [2.75, 3.05) is 25.1 Å². The highest BCUT2D eigenvalue weighted by atomic mass is 32.1. The molecule has 1 aliphatic rings. The quantitative estimate of drug-likeness (QED) is 0.926. The number of thiophene rings is 1. The zero-order valence-corrected chi connectivity index (χ0v) is 13.8. The monoisotopic (exact) mass is 305 g/mol. The van der Waals surface area contributed by atoms with Gasteiger partial charge in [0, 0.05) is 23.9 Å². The summed E-state index contributed by atoms with van der Waals surface area (Å²) in [5.74, 6) is 2.29. The van der Waals surface area contributed by atoms with Gasteiger partial charge < -0.3 is 10.1 Å². The first-order valence-corrected chi connectivity index (χ1v) is 8.61. The molecule has 1 aliphatic heterocycles. The molecule has 2 aromatic rings. The van der Waals surface area contributed by atoms with E-state index in [4.69, 9.17) is 14.7 Å². The van der Waals surface area contributed by atoms with Crippen molar-refractivity contribution in [1.82, 2.24) is 9.97 Å². The molecule has 1 atom stereocenters. The van der Waals surface area contributed by atoms with Gasteiger partial charge >= 0.3 is 0 Å². The van der Waals surface area contributed by atoms with Gasteiger partial charge in [0.25, 0.3) is 0 Å². The van der Waals surface area contributed by atoms with Gasteiger partial charge in [0.15, 0.2) is 0 Å². The fourth-order valence-corrected chi connectivity index (χ4v) is 3.80. The molecule has 0 amide bonds. The molecule has 0 bridgehead atoms. The molecule has 114 valence electrons. The zero-order valence-electron chi connectivity index (χ0n) is 13.0. The lowest BCUT2D eigenvalue weighted by Gasteiger charge is -2.21. The molecular formula is C16H23N3OS. The van der Waals surface area contributed by atoms with Gasteiger partial charge in [-0.15, -0.1) is 11.3 Å². The third-order valence-corrected chi connectivity index (χ3v) is 5.22. The van der Waals surface area contributed by atoms with Crippen LogP contribution in [0.5, 0.6) is 0 Å². The highest BCUT2D eigenvalue weighted by Crippen LogP contribution is 2.35. The predicted octanol–water partition coefficient (Wildman–Crippen LogP) is 4.02. The van der Waals surface area contributed by atoms with E-state index in [-0.39, 0.29) is 0 Å². The first-order chi connectivity index (χ1) is 10.2. The van der Waals surface area contributed by atoms with Crippen LogP contribution in [0, 0.1) is 13.8 Å². The molecular weight excluding hydrogens is 282 g/mol. The van der Waals surface area contributed by atoms with Crippen molar-refractivity contribution < 1.29 is 4.74 Å². The van der Waals surface area contributed by atoms with Gasteiger partial charge in [-0.2, -0.15) is 0 Å². The third-order valence-electron chi connectivity index (χ3n) is 4.11. The smallest absolute Gasteiger partial charge is 0.138 e. The highest BCUT2D eigenvalue weighted by molar-refractivity contribution is 7.18. The maximum Gasteiger partial charge on any atom is 0.138 e. The van der Waals surface area contributed by atoms with Crippen LogP contribution in [-0.4, -0.2) is 29.7 Å². The van der Waals surface area contributed by atoms with Gasteiger partial charge in [0.2, 0.25) is 0 Å². The lowest BCUT2D eigenvalue weighted by molar-refractivity contribution is 0.0782. The average molecular weight is 305 g/mol. The summed E-state index contributed by atoms with van der Waals surface area (Å²) in [5.41, 5.74) is 1.31. The highest BCUT2D eigenvalue weighted by Gasteiger charge is 2.22. The van der Waals surface area contributed by atoms with Gasteiger partial charge in [-0.05, 0) is 38.7 Å². The molecule has 3 heterocycles. The number of ether oxygens (including phenoxy) is 1. The van der Waals surface area contributed by atoms with Crippen molar-refractivity contribution in [3.63, 3.8) is 0 Å². The van der Waals surface area contributed by atoms with E-state index in [0.717, 1.165) is 55.5 Å². The van der Waals surface area contributed by atoms with Crippen LogP contribution in [-0.2, 0) is 4.74 Å². The molecule has 0 saturated carbocycles. The molecule has 2 aromatic heterocycles. The van der Waals surface area contributed by atoms with Crippen molar-refractivity contribution in [3.8, 4) is 0 Å². The number of fused-ring (bicyclic) bond motifs is 1. The molecule has 1 saturated heterocycles. The number of nitrogens with one attached hydrogen (secondary N) is 1. The summed E-state index contributed by atoms with van der Waals surface area (Å²) in [4.78, 5) is 12.1. The van der Waals surface area contributed by atoms with Crippen LogP contribution in [0.4, 0.5) is 5.82 Å². The lowest BCUT2D eigenvalue weighted by atomic mass is 10.0. The second-order valence-corrected chi connectivity index (χ2v) is 6.94. The second kappa shape index (κ2) is 6.28. The standard InChI is InChI=1S/C16H23N3OS/c1-4-7-17-15-13-10(2)11(3)21-16(13)19-14(18-15)12-6-5-8-20-9-12/h12H,4-9H2,1-3H3,(H,17,18,19). The Hall–Kier alpha value is -1.20. The Bertz CT molecular complexity index is 632. The van der Waals surface area contributed by atoms with Crippen LogP contribution in [0.3, 0.4) is 0 Å². The van der Waals surface area contributed by atoms with Crippen LogP contribution in [0.25, 0.3) is 10.2 Å². The summed E-state index contributed by atoms with van der Waals surface area (Å²) in [7, 11) is 0. The van der Waals surface area contributed by atoms with Gasteiger partial charge in [-0.3, -0.25) is 0 Å². The summed E-state index contributed by atoms with van der Waals surface area (Å²) in [6, 6.07) is 0. The van der Waals surface area contributed by atoms with E-state index in [1.54, 1.807) is 11.3 Å². The number of rotatable bonds is 4. The minimum Gasteiger partial charge on any atom is -0.381 e. The fourth-order valence-electron chi connectivity index (χ4n) is 2.76. The zero-order chi connectivity index (χ0) is 14.8. The Morgan fingerprint density at radius 2 is 2.19 bits per heavy atom. The van der Waals surface area contributed by atoms with Gasteiger partial charge in [-0.25, -0.2) is 9.97 Å². The largest absolute Gasteiger partial charge is 0.381 e. The molecule has 21 heavy (non-hydrogen) atoms. The van der Waals surface area contributed by atoms with E-state index in [9.17, 15) is 0 Å². The Kier molecular flexibility index (Phi) is 4.40. The number of anilines is 1. The van der Waals surface area contributed by atoms with Crippen LogP contribution in [0.15, 0.2) is 0 Å². The van der Waals surface area contributed by atoms with E-state index >= 15 is 0 Å². The molecule has 0 spiro atoms.